The molecule has 1 aromatic rings. The standard InChI is InChI=1S/C18H22ClN3O3/c1-24-14-5-7-17(15(19)9-14)25-11-12-4-6-16(21-12)18(23)22-8-2-3-13(22)10-20/h5,7,9,12-13,16,21H,2-4,6,8,11H2,1H3/t12-,13?,16+/m1/s1. The zero-order valence-corrected chi connectivity index (χ0v) is 15.0. The minimum absolute atomic E-state index is 0.0361. The Balaban J connectivity index is 1.51. The molecule has 2 saturated heterocycles. The lowest BCUT2D eigenvalue weighted by atomic mass is 10.1. The molecule has 0 bridgehead atoms. The van der Waals surface area contributed by atoms with Gasteiger partial charge in [-0.15, -0.1) is 0 Å². The molecule has 2 aliphatic heterocycles. The van der Waals surface area contributed by atoms with Gasteiger partial charge in [0.05, 0.1) is 24.2 Å². The average molecular weight is 364 g/mol. The molecule has 1 N–H and O–H groups in total. The van der Waals surface area contributed by atoms with Crippen molar-refractivity contribution >= 4 is 17.5 Å². The maximum Gasteiger partial charge on any atom is 0.240 e. The van der Waals surface area contributed by atoms with Crippen LogP contribution in [0.5, 0.6) is 11.5 Å². The van der Waals surface area contributed by atoms with Gasteiger partial charge in [-0.2, -0.15) is 5.26 Å². The zero-order chi connectivity index (χ0) is 17.8. The summed E-state index contributed by atoms with van der Waals surface area (Å²) in [6, 6.07) is 7.09. The number of nitrogens with zero attached hydrogens (tertiary/aromatic N) is 2. The largest absolute Gasteiger partial charge is 0.497 e. The third-order valence-electron chi connectivity index (χ3n) is 4.80. The van der Waals surface area contributed by atoms with Crippen molar-refractivity contribution in [2.75, 3.05) is 20.3 Å². The summed E-state index contributed by atoms with van der Waals surface area (Å²) in [5.74, 6) is 1.32. The Hall–Kier alpha value is -1.97. The van der Waals surface area contributed by atoms with Crippen LogP contribution in [-0.2, 0) is 4.79 Å². The smallest absolute Gasteiger partial charge is 0.240 e. The van der Waals surface area contributed by atoms with Gasteiger partial charge in [0.2, 0.25) is 5.91 Å². The molecule has 0 saturated carbocycles. The van der Waals surface area contributed by atoms with Crippen LogP contribution < -0.4 is 14.8 Å². The van der Waals surface area contributed by atoms with E-state index in [0.717, 1.165) is 25.7 Å². The van der Waals surface area contributed by atoms with Crippen molar-refractivity contribution in [3.63, 3.8) is 0 Å². The topological polar surface area (TPSA) is 74.6 Å². The molecule has 0 spiro atoms. The van der Waals surface area contributed by atoms with E-state index in [2.05, 4.69) is 11.4 Å². The number of halogens is 1. The second-order valence-electron chi connectivity index (χ2n) is 6.42. The average Bonchev–Trinajstić information content (AvgIpc) is 3.29. The Morgan fingerprint density at radius 3 is 3.00 bits per heavy atom. The van der Waals surface area contributed by atoms with Crippen LogP contribution in [0.1, 0.15) is 25.7 Å². The number of rotatable bonds is 5. The first-order valence-electron chi connectivity index (χ1n) is 8.55. The van der Waals surface area contributed by atoms with Gasteiger partial charge in [0.15, 0.2) is 0 Å². The minimum atomic E-state index is -0.275. The predicted molar refractivity (Wildman–Crippen MR) is 93.8 cm³/mol. The lowest BCUT2D eigenvalue weighted by Crippen LogP contribution is -2.47. The van der Waals surface area contributed by atoms with E-state index in [1.165, 1.54) is 0 Å². The Morgan fingerprint density at radius 2 is 2.28 bits per heavy atom. The number of carbonyl (C=O) groups excluding carboxylic acids is 1. The highest BCUT2D eigenvalue weighted by atomic mass is 35.5. The minimum Gasteiger partial charge on any atom is -0.497 e. The normalized spacial score (nSPS) is 25.6. The zero-order valence-electron chi connectivity index (χ0n) is 14.2. The van der Waals surface area contributed by atoms with Crippen LogP contribution in [0.4, 0.5) is 0 Å². The van der Waals surface area contributed by atoms with Crippen molar-refractivity contribution in [1.29, 1.82) is 5.26 Å². The third-order valence-corrected chi connectivity index (χ3v) is 5.10. The van der Waals surface area contributed by atoms with E-state index < -0.39 is 0 Å². The molecule has 0 aliphatic carbocycles. The number of hydrogen-bond acceptors (Lipinski definition) is 5. The Morgan fingerprint density at radius 1 is 1.44 bits per heavy atom. The number of nitriles is 1. The summed E-state index contributed by atoms with van der Waals surface area (Å²) in [6.07, 6.45) is 3.30. The van der Waals surface area contributed by atoms with Gasteiger partial charge in [0, 0.05) is 18.7 Å². The van der Waals surface area contributed by atoms with Gasteiger partial charge in [-0.3, -0.25) is 10.1 Å². The molecule has 0 aromatic heterocycles. The lowest BCUT2D eigenvalue weighted by molar-refractivity contribution is -0.133. The molecule has 1 aromatic carbocycles. The number of amides is 1. The van der Waals surface area contributed by atoms with Crippen molar-refractivity contribution in [2.45, 2.75) is 43.8 Å². The van der Waals surface area contributed by atoms with Crippen LogP contribution in [0.25, 0.3) is 0 Å². The molecule has 2 fully saturated rings. The summed E-state index contributed by atoms with van der Waals surface area (Å²) in [5, 5.41) is 13.0. The summed E-state index contributed by atoms with van der Waals surface area (Å²) >= 11 is 6.17. The van der Waals surface area contributed by atoms with Crippen molar-refractivity contribution in [3.8, 4) is 17.6 Å². The highest BCUT2D eigenvalue weighted by Gasteiger charge is 2.36. The van der Waals surface area contributed by atoms with Crippen LogP contribution in [0.2, 0.25) is 5.02 Å². The van der Waals surface area contributed by atoms with Gasteiger partial charge in [0.1, 0.15) is 24.1 Å². The van der Waals surface area contributed by atoms with Crippen LogP contribution in [0, 0.1) is 11.3 Å². The summed E-state index contributed by atoms with van der Waals surface area (Å²) < 4.78 is 10.9. The molecule has 25 heavy (non-hydrogen) atoms. The molecule has 1 unspecified atom stereocenters. The van der Waals surface area contributed by atoms with Gasteiger partial charge >= 0.3 is 0 Å². The molecule has 7 heteroatoms. The van der Waals surface area contributed by atoms with Gasteiger partial charge in [0.25, 0.3) is 0 Å². The van der Waals surface area contributed by atoms with E-state index in [9.17, 15) is 4.79 Å². The van der Waals surface area contributed by atoms with Crippen molar-refractivity contribution < 1.29 is 14.3 Å². The van der Waals surface area contributed by atoms with E-state index in [1.807, 2.05) is 0 Å². The van der Waals surface area contributed by atoms with E-state index in [0.29, 0.717) is 29.7 Å². The second kappa shape index (κ2) is 7.94. The van der Waals surface area contributed by atoms with Gasteiger partial charge in [-0.25, -0.2) is 0 Å². The fraction of sp³-hybridized carbons (Fsp3) is 0.556. The van der Waals surface area contributed by atoms with Crippen LogP contribution >= 0.6 is 11.6 Å². The van der Waals surface area contributed by atoms with Gasteiger partial charge in [-0.05, 0) is 37.8 Å². The Labute approximate surface area is 152 Å². The highest BCUT2D eigenvalue weighted by molar-refractivity contribution is 6.32. The van der Waals surface area contributed by atoms with Crippen molar-refractivity contribution in [1.82, 2.24) is 10.2 Å². The number of ether oxygens (including phenoxy) is 2. The summed E-state index contributed by atoms with van der Waals surface area (Å²) in [6.45, 7) is 1.12. The molecule has 3 rings (SSSR count). The number of hydrogen-bond donors (Lipinski definition) is 1. The molecule has 1 amide bonds. The molecule has 3 atom stereocenters. The number of likely N-dealkylation sites (tertiary alicyclic amines) is 1. The van der Waals surface area contributed by atoms with Crippen LogP contribution in [0.3, 0.4) is 0 Å². The van der Waals surface area contributed by atoms with Gasteiger partial charge in [-0.1, -0.05) is 11.6 Å². The van der Waals surface area contributed by atoms with Gasteiger partial charge < -0.3 is 14.4 Å². The molecule has 134 valence electrons. The maximum absolute atomic E-state index is 12.6. The van der Waals surface area contributed by atoms with E-state index >= 15 is 0 Å². The second-order valence-corrected chi connectivity index (χ2v) is 6.83. The fourth-order valence-corrected chi connectivity index (χ4v) is 3.65. The molecule has 0 radical (unpaired) electrons. The molecule has 6 nitrogen and oxygen atoms in total. The summed E-state index contributed by atoms with van der Waals surface area (Å²) in [5.41, 5.74) is 0. The first-order chi connectivity index (χ1) is 12.1. The number of benzene rings is 1. The molecular formula is C18H22ClN3O3. The quantitative estimate of drug-likeness (QED) is 0.869. The highest BCUT2D eigenvalue weighted by Crippen LogP contribution is 2.29. The van der Waals surface area contributed by atoms with E-state index in [4.69, 9.17) is 26.3 Å². The van der Waals surface area contributed by atoms with Crippen molar-refractivity contribution in [2.24, 2.45) is 0 Å². The van der Waals surface area contributed by atoms with Crippen LogP contribution in [-0.4, -0.2) is 49.2 Å². The SMILES string of the molecule is COc1ccc(OC[C@H]2CC[C@@H](C(=O)N3CCCC3C#N)N2)c(Cl)c1. The predicted octanol–water partition coefficient (Wildman–Crippen LogP) is 2.36. The maximum atomic E-state index is 12.6. The Bertz CT molecular complexity index is 676. The monoisotopic (exact) mass is 363 g/mol. The molecular weight excluding hydrogens is 342 g/mol. The number of methoxy groups -OCH3 is 1. The van der Waals surface area contributed by atoms with E-state index in [1.54, 1.807) is 30.2 Å². The lowest BCUT2D eigenvalue weighted by Gasteiger charge is -2.24. The first-order valence-corrected chi connectivity index (χ1v) is 8.92. The van der Waals surface area contributed by atoms with Crippen molar-refractivity contribution in [3.05, 3.63) is 23.2 Å². The number of carbonyl (C=O) groups is 1. The molecule has 2 aliphatic rings. The fourth-order valence-electron chi connectivity index (χ4n) is 3.43. The molecule has 2 heterocycles. The van der Waals surface area contributed by atoms with E-state index in [-0.39, 0.29) is 24.0 Å². The van der Waals surface area contributed by atoms with Crippen LogP contribution in [0.15, 0.2) is 18.2 Å². The summed E-state index contributed by atoms with van der Waals surface area (Å²) in [4.78, 5) is 14.3. The number of nitrogens with one attached hydrogen (secondary N) is 1. The third kappa shape index (κ3) is 4.00. The summed E-state index contributed by atoms with van der Waals surface area (Å²) in [7, 11) is 1.59. The first kappa shape index (κ1) is 17.8. The Kier molecular flexibility index (Phi) is 5.67.